The molecule has 1 saturated heterocycles. The Morgan fingerprint density at radius 1 is 1.24 bits per heavy atom. The van der Waals surface area contributed by atoms with Gasteiger partial charge >= 0.3 is 0 Å². The van der Waals surface area contributed by atoms with Crippen LogP contribution in [0.3, 0.4) is 0 Å². The van der Waals surface area contributed by atoms with Gasteiger partial charge in [-0.3, -0.25) is 0 Å². The van der Waals surface area contributed by atoms with Crippen LogP contribution in [-0.2, 0) is 0 Å². The molecule has 2 atom stereocenters. The molecule has 0 spiro atoms. The zero-order valence-corrected chi connectivity index (χ0v) is 12.4. The predicted octanol–water partition coefficient (Wildman–Crippen LogP) is 3.57. The molecule has 2 aliphatic rings. The number of para-hydroxylation sites is 2. The molecule has 0 radical (unpaired) electrons. The molecule has 0 saturated carbocycles. The van der Waals surface area contributed by atoms with Crippen molar-refractivity contribution in [1.29, 1.82) is 0 Å². The fourth-order valence-electron chi connectivity index (χ4n) is 2.70. The fourth-order valence-corrected chi connectivity index (χ4v) is 3.94. The molecule has 5 nitrogen and oxygen atoms in total. The second-order valence-electron chi connectivity index (χ2n) is 5.33. The second kappa shape index (κ2) is 5.60. The van der Waals surface area contributed by atoms with Crippen molar-refractivity contribution in [1.82, 2.24) is 10.1 Å². The Kier molecular flexibility index (Phi) is 3.47. The number of hydrogen-bond acceptors (Lipinski definition) is 6. The third-order valence-corrected chi connectivity index (χ3v) is 5.21. The Hall–Kier alpha value is -1.69. The molecule has 0 aliphatic carbocycles. The average Bonchev–Trinajstić information content (AvgIpc) is 3.05. The van der Waals surface area contributed by atoms with Crippen LogP contribution in [0.1, 0.15) is 42.3 Å². The van der Waals surface area contributed by atoms with Crippen LogP contribution in [0.15, 0.2) is 28.8 Å². The van der Waals surface area contributed by atoms with Gasteiger partial charge in [0.25, 0.3) is 5.89 Å². The summed E-state index contributed by atoms with van der Waals surface area (Å²) in [4.78, 5) is 4.57. The lowest BCUT2D eigenvalue weighted by Crippen LogP contribution is -2.23. The number of fused-ring (bicyclic) bond motifs is 1. The lowest BCUT2D eigenvalue weighted by Gasteiger charge is -2.24. The van der Waals surface area contributed by atoms with Crippen molar-refractivity contribution < 1.29 is 9.26 Å². The van der Waals surface area contributed by atoms with Crippen LogP contribution in [0.25, 0.3) is 0 Å². The smallest absolute Gasteiger partial charge is 0.269 e. The zero-order chi connectivity index (χ0) is 14.1. The first kappa shape index (κ1) is 13.0. The Balaban J connectivity index is 1.51. The highest BCUT2D eigenvalue weighted by Crippen LogP contribution is 2.38. The minimum atomic E-state index is -0.213. The summed E-state index contributed by atoms with van der Waals surface area (Å²) >= 11 is 1.92. The van der Waals surface area contributed by atoms with E-state index in [1.807, 2.05) is 36.0 Å². The van der Waals surface area contributed by atoms with Gasteiger partial charge in [0.05, 0.1) is 17.5 Å². The quantitative estimate of drug-likeness (QED) is 0.915. The van der Waals surface area contributed by atoms with E-state index in [9.17, 15) is 0 Å². The number of hydrogen-bond donors (Lipinski definition) is 1. The Bertz CT molecular complexity index is 625. The van der Waals surface area contributed by atoms with E-state index in [0.717, 1.165) is 23.7 Å². The SMILES string of the molecule is c1ccc2c(c1)NCC(c1nc(C3CCCCS3)no1)O2. The van der Waals surface area contributed by atoms with Crippen molar-refractivity contribution in [2.24, 2.45) is 0 Å². The highest BCUT2D eigenvalue weighted by Gasteiger charge is 2.28. The molecular weight excluding hydrogens is 286 g/mol. The molecule has 4 rings (SSSR count). The molecule has 0 bridgehead atoms. The Morgan fingerprint density at radius 3 is 3.10 bits per heavy atom. The maximum Gasteiger partial charge on any atom is 0.269 e. The first-order valence-electron chi connectivity index (χ1n) is 7.35. The lowest BCUT2D eigenvalue weighted by molar-refractivity contribution is 0.162. The van der Waals surface area contributed by atoms with Crippen molar-refractivity contribution in [2.45, 2.75) is 30.6 Å². The summed E-state index contributed by atoms with van der Waals surface area (Å²) in [5.74, 6) is 3.40. The van der Waals surface area contributed by atoms with Gasteiger partial charge in [-0.05, 0) is 30.7 Å². The highest BCUT2D eigenvalue weighted by molar-refractivity contribution is 7.99. The third-order valence-electron chi connectivity index (χ3n) is 3.83. The number of nitrogens with zero attached hydrogens (tertiary/aromatic N) is 2. The van der Waals surface area contributed by atoms with Gasteiger partial charge in [0, 0.05) is 0 Å². The molecule has 1 N–H and O–H groups in total. The Labute approximate surface area is 127 Å². The maximum atomic E-state index is 5.95. The van der Waals surface area contributed by atoms with Crippen LogP contribution in [-0.4, -0.2) is 22.4 Å². The molecule has 1 aromatic carbocycles. The van der Waals surface area contributed by atoms with Crippen LogP contribution in [0.5, 0.6) is 5.75 Å². The van der Waals surface area contributed by atoms with Crippen LogP contribution in [0.2, 0.25) is 0 Å². The van der Waals surface area contributed by atoms with Gasteiger partial charge in [-0.2, -0.15) is 16.7 Å². The van der Waals surface area contributed by atoms with Crippen LogP contribution < -0.4 is 10.1 Å². The Morgan fingerprint density at radius 2 is 2.19 bits per heavy atom. The molecule has 2 aliphatic heterocycles. The second-order valence-corrected chi connectivity index (χ2v) is 6.64. The van der Waals surface area contributed by atoms with Gasteiger partial charge in [0.15, 0.2) is 11.9 Å². The first-order valence-corrected chi connectivity index (χ1v) is 8.40. The minimum absolute atomic E-state index is 0.213. The number of ether oxygens (including phenoxy) is 1. The number of thioether (sulfide) groups is 1. The van der Waals surface area contributed by atoms with E-state index in [-0.39, 0.29) is 6.10 Å². The van der Waals surface area contributed by atoms with Crippen LogP contribution >= 0.6 is 11.8 Å². The first-order chi connectivity index (χ1) is 10.4. The van der Waals surface area contributed by atoms with Gasteiger partial charge in [0.2, 0.25) is 0 Å². The minimum Gasteiger partial charge on any atom is -0.477 e. The predicted molar refractivity (Wildman–Crippen MR) is 81.6 cm³/mol. The fraction of sp³-hybridized carbons (Fsp3) is 0.467. The molecule has 1 aromatic heterocycles. The average molecular weight is 303 g/mol. The van der Waals surface area contributed by atoms with Gasteiger partial charge < -0.3 is 14.6 Å². The largest absolute Gasteiger partial charge is 0.477 e. The number of rotatable bonds is 2. The molecule has 0 amide bonds. The van der Waals surface area contributed by atoms with Gasteiger partial charge in [-0.15, -0.1) is 0 Å². The lowest BCUT2D eigenvalue weighted by atomic mass is 10.2. The molecule has 21 heavy (non-hydrogen) atoms. The summed E-state index contributed by atoms with van der Waals surface area (Å²) < 4.78 is 11.4. The van der Waals surface area contributed by atoms with E-state index in [4.69, 9.17) is 9.26 Å². The topological polar surface area (TPSA) is 60.2 Å². The van der Waals surface area contributed by atoms with E-state index in [1.165, 1.54) is 18.6 Å². The number of anilines is 1. The monoisotopic (exact) mass is 303 g/mol. The molecule has 3 heterocycles. The third kappa shape index (κ3) is 2.60. The molecular formula is C15H17N3O2S. The van der Waals surface area contributed by atoms with Crippen LogP contribution in [0.4, 0.5) is 5.69 Å². The molecule has 2 unspecified atom stereocenters. The van der Waals surface area contributed by atoms with E-state index in [1.54, 1.807) is 0 Å². The van der Waals surface area contributed by atoms with Crippen molar-refractivity contribution in [3.63, 3.8) is 0 Å². The van der Waals surface area contributed by atoms with Crippen molar-refractivity contribution in [3.8, 4) is 5.75 Å². The van der Waals surface area contributed by atoms with Crippen LogP contribution in [0, 0.1) is 0 Å². The molecule has 2 aromatic rings. The summed E-state index contributed by atoms with van der Waals surface area (Å²) in [6.07, 6.45) is 3.46. The highest BCUT2D eigenvalue weighted by atomic mass is 32.2. The van der Waals surface area contributed by atoms with Crippen molar-refractivity contribution in [3.05, 3.63) is 36.0 Å². The normalized spacial score (nSPS) is 24.8. The number of benzene rings is 1. The van der Waals surface area contributed by atoms with E-state index >= 15 is 0 Å². The van der Waals surface area contributed by atoms with Crippen molar-refractivity contribution in [2.75, 3.05) is 17.6 Å². The van der Waals surface area contributed by atoms with Gasteiger partial charge in [-0.1, -0.05) is 23.7 Å². The van der Waals surface area contributed by atoms with E-state index < -0.39 is 0 Å². The summed E-state index contributed by atoms with van der Waals surface area (Å²) in [5, 5.41) is 7.87. The molecule has 6 heteroatoms. The van der Waals surface area contributed by atoms with Gasteiger partial charge in [0.1, 0.15) is 5.75 Å². The summed E-state index contributed by atoms with van der Waals surface area (Å²) in [7, 11) is 0. The summed E-state index contributed by atoms with van der Waals surface area (Å²) in [6, 6.07) is 7.90. The van der Waals surface area contributed by atoms with E-state index in [0.29, 0.717) is 17.7 Å². The van der Waals surface area contributed by atoms with Gasteiger partial charge in [-0.25, -0.2) is 0 Å². The number of nitrogens with one attached hydrogen (secondary N) is 1. The summed E-state index contributed by atoms with van der Waals surface area (Å²) in [6.45, 7) is 0.649. The molecule has 110 valence electrons. The van der Waals surface area contributed by atoms with Crippen molar-refractivity contribution >= 4 is 17.4 Å². The number of aromatic nitrogens is 2. The standard InChI is InChI=1S/C15H17N3O2S/c1-2-6-11-10(5-1)16-9-12(19-11)15-17-14(18-20-15)13-7-3-4-8-21-13/h1-2,5-6,12-13,16H,3-4,7-9H2. The van der Waals surface area contributed by atoms with E-state index in [2.05, 4.69) is 15.5 Å². The molecule has 1 fully saturated rings. The summed E-state index contributed by atoms with van der Waals surface area (Å²) in [5.41, 5.74) is 1.01. The zero-order valence-electron chi connectivity index (χ0n) is 11.6. The maximum absolute atomic E-state index is 5.95.